The van der Waals surface area contributed by atoms with Crippen molar-refractivity contribution in [1.82, 2.24) is 4.90 Å². The van der Waals surface area contributed by atoms with Crippen LogP contribution in [-0.2, 0) is 36.4 Å². The second-order valence-electron chi connectivity index (χ2n) is 10.7. The Morgan fingerprint density at radius 2 is 1.75 bits per heavy atom. The van der Waals surface area contributed by atoms with E-state index in [9.17, 15) is 43.2 Å². The molecule has 0 bridgehead atoms. The number of aliphatic hydroxyl groups is 3. The first-order valence-corrected chi connectivity index (χ1v) is 14.1. The lowest BCUT2D eigenvalue weighted by Gasteiger charge is -2.50. The van der Waals surface area contributed by atoms with Crippen molar-refractivity contribution >= 4 is 33.1 Å². The van der Waals surface area contributed by atoms with E-state index >= 15 is 0 Å². The number of carbonyl (C=O) groups is 3. The molecular formula is C28H28N2O9S. The van der Waals surface area contributed by atoms with E-state index in [2.05, 4.69) is 0 Å². The lowest BCUT2D eigenvalue weighted by molar-refractivity contribution is -0.153. The summed E-state index contributed by atoms with van der Waals surface area (Å²) in [5.41, 5.74) is 1.99. The van der Waals surface area contributed by atoms with Crippen LogP contribution in [-0.4, -0.2) is 77.0 Å². The highest BCUT2D eigenvalue weighted by Crippen LogP contribution is 2.52. The summed E-state index contributed by atoms with van der Waals surface area (Å²) in [5.74, 6) is -7.87. The van der Waals surface area contributed by atoms with E-state index in [1.165, 1.54) is 43.3 Å². The van der Waals surface area contributed by atoms with Crippen LogP contribution in [0.3, 0.4) is 0 Å². The number of phenolic OH excluding ortho intramolecular Hbond substituents is 1. The van der Waals surface area contributed by atoms with Crippen molar-refractivity contribution < 1.29 is 43.2 Å². The molecule has 12 heteroatoms. The first kappa shape index (κ1) is 27.6. The Kier molecular flexibility index (Phi) is 6.40. The monoisotopic (exact) mass is 568 g/mol. The molecule has 4 atom stereocenters. The number of phenols is 1. The fourth-order valence-electron chi connectivity index (χ4n) is 6.35. The van der Waals surface area contributed by atoms with Crippen molar-refractivity contribution in [2.75, 3.05) is 14.1 Å². The van der Waals surface area contributed by atoms with Gasteiger partial charge in [-0.3, -0.25) is 19.3 Å². The smallest absolute Gasteiger partial charge is 0.255 e. The number of carbonyl (C=O) groups excluding carboxylic acids is 3. The van der Waals surface area contributed by atoms with Gasteiger partial charge in [-0.1, -0.05) is 24.3 Å². The summed E-state index contributed by atoms with van der Waals surface area (Å²) < 4.78 is 25.9. The Balaban J connectivity index is 1.62. The molecule has 0 aromatic heterocycles. The number of fused-ring (bicyclic) bond motifs is 3. The number of rotatable bonds is 5. The molecule has 210 valence electrons. The number of hydrogen-bond acceptors (Lipinski definition) is 10. The molecule has 3 aliphatic rings. The minimum Gasteiger partial charge on any atom is -0.508 e. The molecule has 1 amide bonds. The van der Waals surface area contributed by atoms with E-state index in [4.69, 9.17) is 5.73 Å². The second-order valence-corrected chi connectivity index (χ2v) is 12.7. The van der Waals surface area contributed by atoms with Gasteiger partial charge in [-0.2, -0.15) is 0 Å². The molecule has 40 heavy (non-hydrogen) atoms. The fourth-order valence-corrected chi connectivity index (χ4v) is 7.69. The zero-order valence-corrected chi connectivity index (χ0v) is 22.5. The molecule has 3 aliphatic carbocycles. The molecule has 0 heterocycles. The van der Waals surface area contributed by atoms with Crippen molar-refractivity contribution in [3.05, 3.63) is 76.1 Å². The van der Waals surface area contributed by atoms with Crippen LogP contribution in [0.1, 0.15) is 23.1 Å². The predicted molar refractivity (Wildman–Crippen MR) is 142 cm³/mol. The summed E-state index contributed by atoms with van der Waals surface area (Å²) in [7, 11) is -0.716. The number of ketones is 2. The van der Waals surface area contributed by atoms with E-state index in [1.54, 1.807) is 18.2 Å². The number of primary amides is 1. The summed E-state index contributed by atoms with van der Waals surface area (Å²) in [5, 5.41) is 44.5. The normalized spacial score (nSPS) is 26.4. The van der Waals surface area contributed by atoms with Crippen molar-refractivity contribution in [2.24, 2.45) is 17.6 Å². The topological polar surface area (TPSA) is 196 Å². The zero-order chi connectivity index (χ0) is 29.3. The number of likely N-dealkylation sites (N-methyl/N-ethyl adjacent to an activating group) is 1. The van der Waals surface area contributed by atoms with Crippen LogP contribution in [0.4, 0.5) is 0 Å². The lowest BCUT2D eigenvalue weighted by Crippen LogP contribution is -2.65. The van der Waals surface area contributed by atoms with E-state index in [0.29, 0.717) is 5.56 Å². The lowest BCUT2D eigenvalue weighted by atomic mass is 9.57. The van der Waals surface area contributed by atoms with Crippen molar-refractivity contribution in [3.63, 3.8) is 0 Å². The van der Waals surface area contributed by atoms with Gasteiger partial charge in [-0.15, -0.1) is 0 Å². The first-order chi connectivity index (χ1) is 18.7. The number of aromatic hydroxyl groups is 1. The Labute approximate surface area is 229 Å². The molecular weight excluding hydrogens is 540 g/mol. The van der Waals surface area contributed by atoms with Gasteiger partial charge in [0.05, 0.1) is 22.3 Å². The third-order valence-corrected chi connectivity index (χ3v) is 9.75. The molecule has 0 saturated heterocycles. The molecule has 0 aliphatic heterocycles. The fraction of sp³-hybridized carbons (Fsp3) is 0.321. The van der Waals surface area contributed by atoms with Crippen LogP contribution in [0.15, 0.2) is 64.3 Å². The van der Waals surface area contributed by atoms with E-state index in [-0.39, 0.29) is 34.4 Å². The number of aliphatic hydroxyl groups excluding tert-OH is 2. The Hall–Kier alpha value is -4.00. The van der Waals surface area contributed by atoms with Crippen molar-refractivity contribution in [3.8, 4) is 5.75 Å². The van der Waals surface area contributed by atoms with Gasteiger partial charge in [0.25, 0.3) is 5.91 Å². The Morgan fingerprint density at radius 1 is 1.10 bits per heavy atom. The molecule has 0 radical (unpaired) electrons. The van der Waals surface area contributed by atoms with Crippen LogP contribution >= 0.6 is 0 Å². The van der Waals surface area contributed by atoms with Gasteiger partial charge in [0.15, 0.2) is 21.2 Å². The number of hydrogen-bond donors (Lipinski definition) is 5. The maximum Gasteiger partial charge on any atom is 0.255 e. The number of benzene rings is 2. The minimum absolute atomic E-state index is 0.0565. The van der Waals surface area contributed by atoms with Gasteiger partial charge < -0.3 is 26.2 Å². The van der Waals surface area contributed by atoms with Crippen LogP contribution < -0.4 is 5.73 Å². The van der Waals surface area contributed by atoms with Gasteiger partial charge in [-0.05, 0) is 62.2 Å². The number of nitrogens with two attached hydrogens (primary N) is 1. The van der Waals surface area contributed by atoms with Crippen molar-refractivity contribution in [2.45, 2.75) is 35.1 Å². The minimum atomic E-state index is -3.75. The maximum absolute atomic E-state index is 13.8. The quantitative estimate of drug-likeness (QED) is 0.324. The molecule has 5 rings (SSSR count). The van der Waals surface area contributed by atoms with E-state index < -0.39 is 79.4 Å². The van der Waals surface area contributed by atoms with Gasteiger partial charge in [0.2, 0.25) is 5.78 Å². The van der Waals surface area contributed by atoms with E-state index in [1.807, 2.05) is 0 Å². The highest BCUT2D eigenvalue weighted by Gasteiger charge is 2.64. The summed E-state index contributed by atoms with van der Waals surface area (Å²) >= 11 is 0. The summed E-state index contributed by atoms with van der Waals surface area (Å²) in [6.45, 7) is 0. The van der Waals surface area contributed by atoms with Gasteiger partial charge in [0, 0.05) is 11.5 Å². The highest BCUT2D eigenvalue weighted by molar-refractivity contribution is 7.90. The maximum atomic E-state index is 13.8. The number of amides is 1. The van der Waals surface area contributed by atoms with Gasteiger partial charge >= 0.3 is 0 Å². The molecule has 1 saturated carbocycles. The number of Topliss-reactive ketones (excluding diaryl/α,β-unsaturated/α-hetero) is 2. The van der Waals surface area contributed by atoms with Crippen LogP contribution in [0.2, 0.25) is 0 Å². The SMILES string of the molecule is CN(C)[C@@H]1C(=O)C(C(N)=O)=C(O)[C@@]2(O)C(=O)C3=C(O)c4c(O)cc(CS(=O)(=O)c5ccccc5)cc4C[C@H]3C[C@@H]12. The van der Waals surface area contributed by atoms with Crippen molar-refractivity contribution in [1.29, 1.82) is 0 Å². The average Bonchev–Trinajstić information content (AvgIpc) is 2.86. The third kappa shape index (κ3) is 3.94. The van der Waals surface area contributed by atoms with Gasteiger partial charge in [0.1, 0.15) is 22.8 Å². The standard InChI is InChI=1S/C28H28N2O9S/c1-30(2)22-17-11-15-10-14-8-13(12-40(38,39)16-6-4-3-5-7-16)9-18(31)19(14)23(32)20(15)25(34)28(17,37)26(35)21(24(22)33)27(29)36/h3-9,15,17,22,31-32,35,37H,10-12H2,1-2H3,(H2,29,36)/t15-,17-,22-,28-/m0/s1. The number of sulfone groups is 1. The number of nitrogens with zero attached hydrogens (tertiary/aromatic N) is 1. The predicted octanol–water partition coefficient (Wildman–Crippen LogP) is 0.938. The summed E-state index contributed by atoms with van der Waals surface area (Å²) in [6, 6.07) is 9.34. The summed E-state index contributed by atoms with van der Waals surface area (Å²) in [4.78, 5) is 40.5. The average molecular weight is 569 g/mol. The largest absolute Gasteiger partial charge is 0.508 e. The highest BCUT2D eigenvalue weighted by atomic mass is 32.2. The summed E-state index contributed by atoms with van der Waals surface area (Å²) in [6.07, 6.45) is 0.0143. The van der Waals surface area contributed by atoms with Crippen LogP contribution in [0.25, 0.3) is 5.76 Å². The second kappa shape index (κ2) is 9.29. The molecule has 0 spiro atoms. The molecule has 1 fully saturated rings. The van der Waals surface area contributed by atoms with Crippen LogP contribution in [0.5, 0.6) is 5.75 Å². The third-order valence-electron chi connectivity index (χ3n) is 8.05. The molecule has 0 unspecified atom stereocenters. The molecule has 2 aromatic rings. The van der Waals surface area contributed by atoms with Crippen LogP contribution in [0, 0.1) is 11.8 Å². The molecule has 6 N–H and O–H groups in total. The Bertz CT molecular complexity index is 1640. The first-order valence-electron chi connectivity index (χ1n) is 12.5. The molecule has 2 aromatic carbocycles. The molecule has 11 nitrogen and oxygen atoms in total. The van der Waals surface area contributed by atoms with Gasteiger partial charge in [-0.25, -0.2) is 8.42 Å². The Morgan fingerprint density at radius 3 is 2.35 bits per heavy atom. The zero-order valence-electron chi connectivity index (χ0n) is 21.7. The van der Waals surface area contributed by atoms with E-state index in [0.717, 1.165) is 0 Å².